The molecule has 5 heteroatoms. The molecule has 0 saturated heterocycles. The van der Waals surface area contributed by atoms with Crippen LogP contribution in [0.15, 0.2) is 29.6 Å². The Morgan fingerprint density at radius 2 is 1.68 bits per heavy atom. The number of nitrogens with one attached hydrogen (secondary N) is 1. The average molecular weight is 373 g/mol. The van der Waals surface area contributed by atoms with Crippen molar-refractivity contribution >= 4 is 34.0 Å². The number of hydrogen-bond donors (Lipinski definition) is 1. The number of carbonyl (C=O) groups is 1. The van der Waals surface area contributed by atoms with Gasteiger partial charge in [-0.25, -0.2) is 4.98 Å². The van der Waals surface area contributed by atoms with Crippen molar-refractivity contribution in [2.75, 3.05) is 5.32 Å². The Kier molecular flexibility index (Phi) is 3.68. The molecule has 6 rings (SSSR count). The summed E-state index contributed by atoms with van der Waals surface area (Å²) in [6.07, 6.45) is 7.31. The molecule has 4 aliphatic carbocycles. The number of nitrogens with zero attached hydrogens (tertiary/aromatic N) is 1. The van der Waals surface area contributed by atoms with Gasteiger partial charge in [-0.3, -0.25) is 4.79 Å². The molecule has 0 aliphatic heterocycles. The highest BCUT2D eigenvalue weighted by Crippen LogP contribution is 2.60. The Morgan fingerprint density at radius 3 is 2.28 bits per heavy atom. The van der Waals surface area contributed by atoms with Crippen molar-refractivity contribution in [3.05, 3.63) is 34.7 Å². The van der Waals surface area contributed by atoms with Gasteiger partial charge < -0.3 is 5.32 Å². The van der Waals surface area contributed by atoms with Crippen LogP contribution in [-0.4, -0.2) is 10.9 Å². The highest BCUT2D eigenvalue weighted by molar-refractivity contribution is 7.14. The zero-order valence-corrected chi connectivity index (χ0v) is 15.6. The summed E-state index contributed by atoms with van der Waals surface area (Å²) >= 11 is 7.45. The predicted molar refractivity (Wildman–Crippen MR) is 102 cm³/mol. The number of benzene rings is 1. The summed E-state index contributed by atoms with van der Waals surface area (Å²) in [7, 11) is 0. The number of hydrogen-bond acceptors (Lipinski definition) is 3. The second-order valence-electron chi connectivity index (χ2n) is 8.20. The van der Waals surface area contributed by atoms with E-state index in [1.54, 1.807) is 0 Å². The summed E-state index contributed by atoms with van der Waals surface area (Å²) in [5.74, 6) is 2.54. The molecular formula is C20H21ClN2OS. The van der Waals surface area contributed by atoms with Crippen LogP contribution in [0.3, 0.4) is 0 Å². The fourth-order valence-electron chi connectivity index (χ4n) is 5.70. The lowest BCUT2D eigenvalue weighted by molar-refractivity contribution is -0.140. The minimum absolute atomic E-state index is 0.124. The molecule has 0 atom stereocenters. The molecule has 3 nitrogen and oxygen atoms in total. The molecular weight excluding hydrogens is 352 g/mol. The Hall–Kier alpha value is -1.39. The van der Waals surface area contributed by atoms with Crippen molar-refractivity contribution in [3.8, 4) is 11.3 Å². The molecule has 4 saturated carbocycles. The number of aromatic nitrogens is 1. The fraction of sp³-hybridized carbons (Fsp3) is 0.500. The molecule has 1 N–H and O–H groups in total. The minimum Gasteiger partial charge on any atom is -0.301 e. The molecule has 2 aromatic rings. The second-order valence-corrected chi connectivity index (χ2v) is 9.49. The van der Waals surface area contributed by atoms with Gasteiger partial charge in [-0.15, -0.1) is 11.3 Å². The van der Waals surface area contributed by atoms with E-state index in [0.29, 0.717) is 10.2 Å². The van der Waals surface area contributed by atoms with Crippen LogP contribution in [0.5, 0.6) is 0 Å². The van der Waals surface area contributed by atoms with Gasteiger partial charge in [0.05, 0.1) is 11.1 Å². The van der Waals surface area contributed by atoms with Gasteiger partial charge in [0.25, 0.3) is 0 Å². The van der Waals surface area contributed by atoms with Gasteiger partial charge in [0.2, 0.25) is 5.91 Å². The normalized spacial score (nSPS) is 32.8. The molecule has 1 aromatic carbocycles. The van der Waals surface area contributed by atoms with E-state index in [4.69, 9.17) is 11.6 Å². The molecule has 130 valence electrons. The van der Waals surface area contributed by atoms with Gasteiger partial charge in [-0.05, 0) is 68.4 Å². The Bertz CT molecular complexity index is 778. The molecule has 0 radical (unpaired) electrons. The zero-order chi connectivity index (χ0) is 17.0. The van der Waals surface area contributed by atoms with E-state index < -0.39 is 0 Å². The third kappa shape index (κ3) is 2.80. The zero-order valence-electron chi connectivity index (χ0n) is 14.0. The van der Waals surface area contributed by atoms with E-state index in [1.807, 2.05) is 29.6 Å². The van der Waals surface area contributed by atoms with Gasteiger partial charge in [-0.1, -0.05) is 23.7 Å². The van der Waals surface area contributed by atoms with E-state index in [9.17, 15) is 4.79 Å². The third-order valence-corrected chi connectivity index (χ3v) is 7.39. The van der Waals surface area contributed by atoms with Gasteiger partial charge in [0.1, 0.15) is 0 Å². The molecule has 0 unspecified atom stereocenters. The molecule has 4 fully saturated rings. The fourth-order valence-corrected chi connectivity index (χ4v) is 6.54. The molecule has 4 aliphatic rings. The third-order valence-electron chi connectivity index (χ3n) is 6.38. The standard InChI is InChI=1S/C20H21ClN2OS/c21-16-3-1-15(2-4-16)17-11-25-19(22-17)23-18(24)20-8-12-5-13(9-20)7-14(6-12)10-20/h1-4,11-14H,5-10H2,(H,22,23,24). The second kappa shape index (κ2) is 5.82. The van der Waals surface area contributed by atoms with Crippen molar-refractivity contribution in [2.24, 2.45) is 23.2 Å². The smallest absolute Gasteiger partial charge is 0.232 e. The number of amides is 1. The largest absolute Gasteiger partial charge is 0.301 e. The van der Waals surface area contributed by atoms with Gasteiger partial charge in [0, 0.05) is 16.0 Å². The molecule has 0 spiro atoms. The predicted octanol–water partition coefficient (Wildman–Crippen LogP) is 5.62. The van der Waals surface area contributed by atoms with E-state index in [-0.39, 0.29) is 11.3 Å². The summed E-state index contributed by atoms with van der Waals surface area (Å²) in [6.45, 7) is 0. The lowest BCUT2D eigenvalue weighted by Crippen LogP contribution is -2.51. The lowest BCUT2D eigenvalue weighted by atomic mass is 9.49. The molecule has 1 heterocycles. The first-order chi connectivity index (χ1) is 12.1. The highest BCUT2D eigenvalue weighted by atomic mass is 35.5. The molecule has 1 aromatic heterocycles. The molecule has 25 heavy (non-hydrogen) atoms. The highest BCUT2D eigenvalue weighted by Gasteiger charge is 2.54. The van der Waals surface area contributed by atoms with Crippen LogP contribution in [0.1, 0.15) is 38.5 Å². The van der Waals surface area contributed by atoms with E-state index in [0.717, 1.165) is 48.3 Å². The van der Waals surface area contributed by atoms with E-state index in [1.165, 1.54) is 30.6 Å². The Labute approximate surface area is 156 Å². The van der Waals surface area contributed by atoms with E-state index in [2.05, 4.69) is 10.3 Å². The average Bonchev–Trinajstić information content (AvgIpc) is 3.03. The van der Waals surface area contributed by atoms with Crippen LogP contribution in [0, 0.1) is 23.2 Å². The first kappa shape index (κ1) is 15.8. The SMILES string of the molecule is O=C(Nc1nc(-c2ccc(Cl)cc2)cs1)C12CC3CC(CC(C3)C1)C2. The summed E-state index contributed by atoms with van der Waals surface area (Å²) in [4.78, 5) is 17.7. The van der Waals surface area contributed by atoms with Crippen molar-refractivity contribution in [1.82, 2.24) is 4.98 Å². The topological polar surface area (TPSA) is 42.0 Å². The maximum absolute atomic E-state index is 13.1. The van der Waals surface area contributed by atoms with Crippen LogP contribution in [-0.2, 0) is 4.79 Å². The quantitative estimate of drug-likeness (QED) is 0.759. The minimum atomic E-state index is -0.124. The summed E-state index contributed by atoms with van der Waals surface area (Å²) in [6, 6.07) is 7.65. The number of carbonyl (C=O) groups excluding carboxylic acids is 1. The van der Waals surface area contributed by atoms with Crippen LogP contribution >= 0.6 is 22.9 Å². The van der Waals surface area contributed by atoms with Crippen LogP contribution in [0.4, 0.5) is 5.13 Å². The summed E-state index contributed by atoms with van der Waals surface area (Å²) in [5, 5.41) is 6.57. The maximum atomic E-state index is 13.1. The molecule has 4 bridgehead atoms. The Morgan fingerprint density at radius 1 is 1.08 bits per heavy atom. The van der Waals surface area contributed by atoms with Crippen molar-refractivity contribution < 1.29 is 4.79 Å². The van der Waals surface area contributed by atoms with Gasteiger partial charge >= 0.3 is 0 Å². The number of anilines is 1. The maximum Gasteiger partial charge on any atom is 0.232 e. The van der Waals surface area contributed by atoms with Crippen LogP contribution in [0.2, 0.25) is 5.02 Å². The number of rotatable bonds is 3. The lowest BCUT2D eigenvalue weighted by Gasteiger charge is -2.55. The molecule has 1 amide bonds. The summed E-state index contributed by atoms with van der Waals surface area (Å²) in [5.41, 5.74) is 1.79. The summed E-state index contributed by atoms with van der Waals surface area (Å²) < 4.78 is 0. The number of thiazole rings is 1. The van der Waals surface area contributed by atoms with E-state index >= 15 is 0 Å². The van der Waals surface area contributed by atoms with Crippen molar-refractivity contribution in [2.45, 2.75) is 38.5 Å². The first-order valence-electron chi connectivity index (χ1n) is 9.13. The monoisotopic (exact) mass is 372 g/mol. The van der Waals surface area contributed by atoms with Gasteiger partial charge in [-0.2, -0.15) is 0 Å². The number of halogens is 1. The van der Waals surface area contributed by atoms with Crippen molar-refractivity contribution in [1.29, 1.82) is 0 Å². The Balaban J connectivity index is 1.34. The van der Waals surface area contributed by atoms with Crippen LogP contribution in [0.25, 0.3) is 11.3 Å². The van der Waals surface area contributed by atoms with Crippen molar-refractivity contribution in [3.63, 3.8) is 0 Å². The first-order valence-corrected chi connectivity index (χ1v) is 10.4. The van der Waals surface area contributed by atoms with Crippen LogP contribution < -0.4 is 5.32 Å². The van der Waals surface area contributed by atoms with Gasteiger partial charge in [0.15, 0.2) is 5.13 Å².